The molecule has 0 unspecified atom stereocenters. The molecule has 0 radical (unpaired) electrons. The number of nitrogens with one attached hydrogen (secondary N) is 1. The van der Waals surface area contributed by atoms with Crippen LogP contribution in [0.1, 0.15) is 0 Å². The second kappa shape index (κ2) is 8.17. The number of nitrogens with zero attached hydrogens (tertiary/aromatic N) is 2. The van der Waals surface area contributed by atoms with Gasteiger partial charge >= 0.3 is 0 Å². The first kappa shape index (κ1) is 21.4. The summed E-state index contributed by atoms with van der Waals surface area (Å²) >= 11 is 11.7. The monoisotopic (exact) mass is 463 g/mol. The van der Waals surface area contributed by atoms with E-state index < -0.39 is 20.0 Å². The minimum absolute atomic E-state index is 0.0841. The summed E-state index contributed by atoms with van der Waals surface area (Å²) in [5.41, 5.74) is 0.230. The fourth-order valence-corrected chi connectivity index (χ4v) is 5.98. The number of sulfonamides is 2. The first-order chi connectivity index (χ1) is 13.1. The molecule has 152 valence electrons. The fraction of sp³-hybridized carbons (Fsp3) is 0.294. The lowest BCUT2D eigenvalue weighted by Gasteiger charge is -2.31. The molecule has 0 atom stereocenters. The van der Waals surface area contributed by atoms with Crippen LogP contribution < -0.4 is 4.72 Å². The molecule has 1 saturated heterocycles. The Bertz CT molecular complexity index is 1050. The lowest BCUT2D eigenvalue weighted by atomic mass is 10.3. The van der Waals surface area contributed by atoms with Gasteiger partial charge in [-0.1, -0.05) is 23.2 Å². The van der Waals surface area contributed by atoms with Crippen molar-refractivity contribution in [3.8, 4) is 0 Å². The third kappa shape index (κ3) is 4.79. The molecule has 0 bridgehead atoms. The molecule has 1 N–H and O–H groups in total. The number of hydrogen-bond acceptors (Lipinski definition) is 5. The van der Waals surface area contributed by atoms with E-state index in [0.717, 1.165) is 0 Å². The van der Waals surface area contributed by atoms with Crippen molar-refractivity contribution >= 4 is 48.9 Å². The van der Waals surface area contributed by atoms with Gasteiger partial charge in [-0.3, -0.25) is 4.72 Å². The molecule has 0 amide bonds. The Hall–Kier alpha value is -1.36. The van der Waals surface area contributed by atoms with Crippen LogP contribution in [0.25, 0.3) is 0 Å². The smallest absolute Gasteiger partial charge is 0.261 e. The maximum absolute atomic E-state index is 12.7. The van der Waals surface area contributed by atoms with Gasteiger partial charge in [0.1, 0.15) is 0 Å². The van der Waals surface area contributed by atoms with Crippen molar-refractivity contribution in [2.75, 3.05) is 37.9 Å². The van der Waals surface area contributed by atoms with Gasteiger partial charge in [-0.15, -0.1) is 0 Å². The number of anilines is 1. The quantitative estimate of drug-likeness (QED) is 0.736. The molecule has 7 nitrogen and oxygen atoms in total. The van der Waals surface area contributed by atoms with Crippen LogP contribution in [0.3, 0.4) is 0 Å². The lowest BCUT2D eigenvalue weighted by molar-refractivity contribution is 0.222. The molecule has 28 heavy (non-hydrogen) atoms. The predicted octanol–water partition coefficient (Wildman–Crippen LogP) is 2.73. The molecular formula is C17H19Cl2N3O4S2. The lowest BCUT2D eigenvalue weighted by Crippen LogP contribution is -2.46. The highest BCUT2D eigenvalue weighted by atomic mass is 35.5. The SMILES string of the molecule is CN1CCN(S(=O)(=O)c2ccc(NS(=O)(=O)c3cc(Cl)cc(Cl)c3)cc2)CC1. The van der Waals surface area contributed by atoms with Crippen LogP contribution in [0.5, 0.6) is 0 Å². The molecule has 1 fully saturated rings. The van der Waals surface area contributed by atoms with Gasteiger partial charge in [-0.25, -0.2) is 16.8 Å². The van der Waals surface area contributed by atoms with Gasteiger partial charge < -0.3 is 4.90 Å². The zero-order valence-electron chi connectivity index (χ0n) is 15.0. The topological polar surface area (TPSA) is 86.8 Å². The van der Waals surface area contributed by atoms with Crippen LogP contribution in [0.15, 0.2) is 52.3 Å². The third-order valence-electron chi connectivity index (χ3n) is 4.35. The van der Waals surface area contributed by atoms with Gasteiger partial charge in [0.2, 0.25) is 10.0 Å². The summed E-state index contributed by atoms with van der Waals surface area (Å²) in [6.45, 7) is 2.17. The number of benzene rings is 2. The van der Waals surface area contributed by atoms with Crippen molar-refractivity contribution < 1.29 is 16.8 Å². The minimum atomic E-state index is -3.92. The molecule has 0 spiro atoms. The Balaban J connectivity index is 1.79. The summed E-state index contributed by atoms with van der Waals surface area (Å²) in [7, 11) is -5.59. The first-order valence-electron chi connectivity index (χ1n) is 8.36. The number of piperazine rings is 1. The molecule has 3 rings (SSSR count). The highest BCUT2D eigenvalue weighted by Gasteiger charge is 2.27. The average Bonchev–Trinajstić information content (AvgIpc) is 2.61. The van der Waals surface area contributed by atoms with E-state index in [1.54, 1.807) is 0 Å². The molecule has 1 heterocycles. The Morgan fingerprint density at radius 3 is 1.89 bits per heavy atom. The first-order valence-corrected chi connectivity index (χ1v) is 12.0. The highest BCUT2D eigenvalue weighted by molar-refractivity contribution is 7.92. The highest BCUT2D eigenvalue weighted by Crippen LogP contribution is 2.25. The van der Waals surface area contributed by atoms with Crippen LogP contribution >= 0.6 is 23.2 Å². The van der Waals surface area contributed by atoms with Crippen molar-refractivity contribution in [2.45, 2.75) is 9.79 Å². The number of hydrogen-bond donors (Lipinski definition) is 1. The van der Waals surface area contributed by atoms with E-state index in [2.05, 4.69) is 9.62 Å². The molecule has 1 aliphatic heterocycles. The molecule has 2 aromatic rings. The van der Waals surface area contributed by atoms with Crippen LogP contribution in [0, 0.1) is 0 Å². The molecule has 0 aliphatic carbocycles. The van der Waals surface area contributed by atoms with Crippen LogP contribution in [0.4, 0.5) is 5.69 Å². The fourth-order valence-electron chi connectivity index (χ4n) is 2.77. The van der Waals surface area contributed by atoms with Gasteiger partial charge in [0, 0.05) is 41.9 Å². The summed E-state index contributed by atoms with van der Waals surface area (Å²) in [5, 5.41) is 0.392. The van der Waals surface area contributed by atoms with Gasteiger partial charge in [0.15, 0.2) is 0 Å². The van der Waals surface area contributed by atoms with Gasteiger partial charge in [-0.05, 0) is 49.5 Å². The van der Waals surface area contributed by atoms with Gasteiger partial charge in [0.25, 0.3) is 10.0 Å². The summed E-state index contributed by atoms with van der Waals surface area (Å²) in [6.07, 6.45) is 0. The summed E-state index contributed by atoms with van der Waals surface area (Å²) in [4.78, 5) is 2.09. The molecule has 1 aliphatic rings. The molecule has 11 heteroatoms. The Labute approximate surface area is 175 Å². The van der Waals surface area contributed by atoms with E-state index >= 15 is 0 Å². The summed E-state index contributed by atoms with van der Waals surface area (Å²) in [5.74, 6) is 0. The molecule has 0 saturated carbocycles. The van der Waals surface area contributed by atoms with Crippen molar-refractivity contribution in [1.29, 1.82) is 0 Å². The Kier molecular flexibility index (Phi) is 6.23. The maximum atomic E-state index is 12.7. The third-order valence-corrected chi connectivity index (χ3v) is 8.06. The van der Waals surface area contributed by atoms with Crippen LogP contribution in [-0.4, -0.2) is 59.3 Å². The Morgan fingerprint density at radius 2 is 1.36 bits per heavy atom. The number of likely N-dealkylation sites (N-methyl/N-ethyl adjacent to an activating group) is 1. The molecule has 2 aromatic carbocycles. The number of rotatable bonds is 5. The summed E-state index contributed by atoms with van der Waals surface area (Å²) in [6, 6.07) is 9.58. The maximum Gasteiger partial charge on any atom is 0.261 e. The largest absolute Gasteiger partial charge is 0.304 e. The number of halogens is 2. The predicted molar refractivity (Wildman–Crippen MR) is 110 cm³/mol. The van der Waals surface area contributed by atoms with Crippen molar-refractivity contribution in [3.05, 3.63) is 52.5 Å². The normalized spacial score (nSPS) is 16.8. The summed E-state index contributed by atoms with van der Waals surface area (Å²) < 4.78 is 54.3. The zero-order valence-corrected chi connectivity index (χ0v) is 18.1. The van der Waals surface area contributed by atoms with E-state index in [4.69, 9.17) is 23.2 Å². The second-order valence-electron chi connectivity index (χ2n) is 6.44. The molecular weight excluding hydrogens is 445 g/mol. The standard InChI is InChI=1S/C17H19Cl2N3O4S2/c1-21-6-8-22(9-7-21)28(25,26)16-4-2-15(3-5-16)20-27(23,24)17-11-13(18)10-14(19)12-17/h2-5,10-12,20H,6-9H2,1H3. The van der Waals surface area contributed by atoms with Crippen LogP contribution in [-0.2, 0) is 20.0 Å². The van der Waals surface area contributed by atoms with Gasteiger partial charge in [-0.2, -0.15) is 4.31 Å². The van der Waals surface area contributed by atoms with E-state index in [1.807, 2.05) is 7.05 Å². The van der Waals surface area contributed by atoms with Crippen LogP contribution in [0.2, 0.25) is 10.0 Å². The van der Waals surface area contributed by atoms with Crippen molar-refractivity contribution in [2.24, 2.45) is 0 Å². The van der Waals surface area contributed by atoms with Crippen molar-refractivity contribution in [1.82, 2.24) is 9.21 Å². The van der Waals surface area contributed by atoms with E-state index in [0.29, 0.717) is 26.2 Å². The molecule has 0 aromatic heterocycles. The average molecular weight is 464 g/mol. The van der Waals surface area contributed by atoms with Gasteiger partial charge in [0.05, 0.1) is 9.79 Å². The zero-order chi connectivity index (χ0) is 20.5. The van der Waals surface area contributed by atoms with Crippen molar-refractivity contribution in [3.63, 3.8) is 0 Å². The minimum Gasteiger partial charge on any atom is -0.304 e. The Morgan fingerprint density at radius 1 is 0.821 bits per heavy atom. The second-order valence-corrected chi connectivity index (χ2v) is 10.9. The van der Waals surface area contributed by atoms with E-state index in [1.165, 1.54) is 46.8 Å². The van der Waals surface area contributed by atoms with E-state index in [9.17, 15) is 16.8 Å². The van der Waals surface area contributed by atoms with E-state index in [-0.39, 0.29) is 25.5 Å².